The Morgan fingerprint density at radius 3 is 2.36 bits per heavy atom. The van der Waals surface area contributed by atoms with Crippen LogP contribution in [0.3, 0.4) is 0 Å². The average Bonchev–Trinajstić information content (AvgIpc) is 2.43. The van der Waals surface area contributed by atoms with Gasteiger partial charge < -0.3 is 14.2 Å². The van der Waals surface area contributed by atoms with E-state index in [1.165, 1.54) is 14.2 Å². The van der Waals surface area contributed by atoms with Gasteiger partial charge in [0.15, 0.2) is 5.41 Å². The maximum Gasteiger partial charge on any atom is 0.324 e. The van der Waals surface area contributed by atoms with Crippen LogP contribution in [-0.2, 0) is 23.8 Å². The maximum atomic E-state index is 12.4. The lowest BCUT2D eigenvalue weighted by molar-refractivity contribution is -0.163. The molecule has 0 saturated carbocycles. The monoisotopic (exact) mass is 310 g/mol. The Morgan fingerprint density at radius 2 is 1.91 bits per heavy atom. The van der Waals surface area contributed by atoms with Gasteiger partial charge in [-0.25, -0.2) is 0 Å². The third-order valence-corrected chi connectivity index (χ3v) is 3.51. The topological polar surface area (TPSA) is 61.8 Å². The summed E-state index contributed by atoms with van der Waals surface area (Å²) in [6, 6.07) is 0. The van der Waals surface area contributed by atoms with Crippen LogP contribution in [0.15, 0.2) is 23.5 Å². The molecule has 0 aliphatic heterocycles. The molecule has 5 nitrogen and oxygen atoms in total. The van der Waals surface area contributed by atoms with Crippen molar-refractivity contribution in [2.24, 2.45) is 5.41 Å². The van der Waals surface area contributed by atoms with Crippen molar-refractivity contribution in [3.63, 3.8) is 0 Å². The van der Waals surface area contributed by atoms with Crippen LogP contribution in [-0.4, -0.2) is 31.8 Å². The Bertz CT molecular complexity index is 496. The fourth-order valence-corrected chi connectivity index (χ4v) is 2.55. The summed E-state index contributed by atoms with van der Waals surface area (Å²) >= 11 is 0. The van der Waals surface area contributed by atoms with Gasteiger partial charge in [0.25, 0.3) is 0 Å². The molecule has 0 saturated heterocycles. The van der Waals surface area contributed by atoms with Gasteiger partial charge in [-0.3, -0.25) is 9.59 Å². The first kappa shape index (κ1) is 18.3. The molecule has 0 bridgehead atoms. The Morgan fingerprint density at radius 1 is 1.27 bits per heavy atom. The SMILES string of the molecule is CCC1=CC(CC(=O)OC(C)(C)C)(C(=O)OC)C(OC)=CC1. The zero-order valence-electron chi connectivity index (χ0n) is 14.3. The highest BCUT2D eigenvalue weighted by Gasteiger charge is 2.47. The molecule has 1 aliphatic rings. The molecule has 5 heteroatoms. The summed E-state index contributed by atoms with van der Waals surface area (Å²) in [7, 11) is 2.80. The predicted octanol–water partition coefficient (Wildman–Crippen LogP) is 3.15. The van der Waals surface area contributed by atoms with E-state index in [1.807, 2.05) is 13.0 Å². The zero-order valence-corrected chi connectivity index (χ0v) is 14.3. The molecule has 1 unspecified atom stereocenters. The van der Waals surface area contributed by atoms with Crippen molar-refractivity contribution in [3.8, 4) is 0 Å². The van der Waals surface area contributed by atoms with Crippen molar-refractivity contribution in [2.75, 3.05) is 14.2 Å². The van der Waals surface area contributed by atoms with Gasteiger partial charge in [0.05, 0.1) is 20.6 Å². The van der Waals surface area contributed by atoms with Crippen molar-refractivity contribution in [2.45, 2.75) is 52.6 Å². The number of methoxy groups -OCH3 is 2. The lowest BCUT2D eigenvalue weighted by Crippen LogP contribution is -2.39. The summed E-state index contributed by atoms with van der Waals surface area (Å²) < 4.78 is 15.7. The summed E-state index contributed by atoms with van der Waals surface area (Å²) in [5.74, 6) is -0.547. The molecule has 0 N–H and O–H groups in total. The lowest BCUT2D eigenvalue weighted by Gasteiger charge is -2.33. The Kier molecular flexibility index (Phi) is 5.80. The second-order valence-corrected chi connectivity index (χ2v) is 6.36. The minimum absolute atomic E-state index is 0.139. The molecule has 1 rings (SSSR count). The van der Waals surface area contributed by atoms with Gasteiger partial charge in [0.1, 0.15) is 11.4 Å². The fourth-order valence-electron chi connectivity index (χ4n) is 2.55. The van der Waals surface area contributed by atoms with E-state index in [9.17, 15) is 9.59 Å². The van der Waals surface area contributed by atoms with Crippen LogP contribution in [0.1, 0.15) is 47.0 Å². The first-order valence-electron chi connectivity index (χ1n) is 7.44. The normalized spacial score (nSPS) is 21.5. The number of hydrogen-bond acceptors (Lipinski definition) is 5. The molecule has 0 spiro atoms. The molecule has 1 atom stereocenters. The van der Waals surface area contributed by atoms with Crippen molar-refractivity contribution in [3.05, 3.63) is 23.5 Å². The third-order valence-electron chi connectivity index (χ3n) is 3.51. The molecular weight excluding hydrogens is 284 g/mol. The van der Waals surface area contributed by atoms with Crippen LogP contribution >= 0.6 is 0 Å². The van der Waals surface area contributed by atoms with Crippen LogP contribution in [0.4, 0.5) is 0 Å². The molecule has 0 aromatic rings. The van der Waals surface area contributed by atoms with Gasteiger partial charge in [-0.15, -0.1) is 0 Å². The third kappa shape index (κ3) is 4.12. The van der Waals surface area contributed by atoms with Crippen LogP contribution in [0, 0.1) is 5.41 Å². The standard InChI is InChI=1S/C17H26O5/c1-7-12-8-9-13(20-5)17(10-12,15(19)21-6)11-14(18)22-16(2,3)4/h9-10H,7-8,11H2,1-6H3. The van der Waals surface area contributed by atoms with E-state index in [0.29, 0.717) is 12.2 Å². The quantitative estimate of drug-likeness (QED) is 0.576. The number of allylic oxidation sites excluding steroid dienone is 2. The summed E-state index contributed by atoms with van der Waals surface area (Å²) in [5, 5.41) is 0. The number of ether oxygens (including phenoxy) is 3. The van der Waals surface area contributed by atoms with E-state index in [2.05, 4.69) is 0 Å². The van der Waals surface area contributed by atoms with E-state index in [-0.39, 0.29) is 6.42 Å². The van der Waals surface area contributed by atoms with Crippen molar-refractivity contribution in [1.29, 1.82) is 0 Å². The minimum atomic E-state index is -1.24. The van der Waals surface area contributed by atoms with Gasteiger partial charge in [-0.2, -0.15) is 0 Å². The zero-order chi connectivity index (χ0) is 17.0. The number of hydrogen-bond donors (Lipinski definition) is 0. The van der Waals surface area contributed by atoms with E-state index in [1.54, 1.807) is 26.8 Å². The molecule has 0 radical (unpaired) electrons. The largest absolute Gasteiger partial charge is 0.500 e. The predicted molar refractivity (Wildman–Crippen MR) is 83.0 cm³/mol. The Hall–Kier alpha value is -1.78. The highest BCUT2D eigenvalue weighted by Crippen LogP contribution is 2.41. The second-order valence-electron chi connectivity index (χ2n) is 6.36. The highest BCUT2D eigenvalue weighted by atomic mass is 16.6. The smallest absolute Gasteiger partial charge is 0.324 e. The molecule has 0 aromatic carbocycles. The first-order valence-corrected chi connectivity index (χ1v) is 7.44. The van der Waals surface area contributed by atoms with Gasteiger partial charge >= 0.3 is 11.9 Å². The van der Waals surface area contributed by atoms with E-state index in [4.69, 9.17) is 14.2 Å². The van der Waals surface area contributed by atoms with Crippen molar-refractivity contribution < 1.29 is 23.8 Å². The maximum absolute atomic E-state index is 12.4. The van der Waals surface area contributed by atoms with Crippen molar-refractivity contribution >= 4 is 11.9 Å². The van der Waals surface area contributed by atoms with Crippen LogP contribution in [0.5, 0.6) is 0 Å². The number of rotatable bonds is 5. The Balaban J connectivity index is 3.21. The lowest BCUT2D eigenvalue weighted by atomic mass is 9.76. The molecule has 124 valence electrons. The molecule has 0 aromatic heterocycles. The molecule has 1 aliphatic carbocycles. The molecule has 0 heterocycles. The fraction of sp³-hybridized carbons (Fsp3) is 0.647. The number of esters is 2. The van der Waals surface area contributed by atoms with Crippen molar-refractivity contribution in [1.82, 2.24) is 0 Å². The first-order chi connectivity index (χ1) is 10.2. The highest BCUT2D eigenvalue weighted by molar-refractivity contribution is 5.88. The minimum Gasteiger partial charge on any atom is -0.500 e. The summed E-state index contributed by atoms with van der Waals surface area (Å²) in [4.78, 5) is 24.7. The van der Waals surface area contributed by atoms with E-state index in [0.717, 1.165) is 12.0 Å². The van der Waals surface area contributed by atoms with Crippen LogP contribution in [0.25, 0.3) is 0 Å². The van der Waals surface area contributed by atoms with Gasteiger partial charge in [-0.05, 0) is 39.7 Å². The summed E-state index contributed by atoms with van der Waals surface area (Å²) in [6.07, 6.45) is 4.98. The van der Waals surface area contributed by atoms with Crippen LogP contribution in [0.2, 0.25) is 0 Å². The average molecular weight is 310 g/mol. The van der Waals surface area contributed by atoms with E-state index < -0.39 is 23.0 Å². The van der Waals surface area contributed by atoms with Gasteiger partial charge in [0, 0.05) is 0 Å². The molecule has 0 fully saturated rings. The van der Waals surface area contributed by atoms with Crippen LogP contribution < -0.4 is 0 Å². The number of carbonyl (C=O) groups is 2. The summed E-state index contributed by atoms with van der Waals surface area (Å²) in [5.41, 5.74) is -0.790. The summed E-state index contributed by atoms with van der Waals surface area (Å²) in [6.45, 7) is 7.37. The number of carbonyl (C=O) groups excluding carboxylic acids is 2. The van der Waals surface area contributed by atoms with E-state index >= 15 is 0 Å². The molecule has 22 heavy (non-hydrogen) atoms. The Labute approximate surface area is 132 Å². The molecular formula is C17H26O5. The van der Waals surface area contributed by atoms with Gasteiger partial charge in [0.2, 0.25) is 0 Å². The van der Waals surface area contributed by atoms with Gasteiger partial charge in [-0.1, -0.05) is 18.6 Å². The molecule has 0 amide bonds. The second kappa shape index (κ2) is 6.99.